The van der Waals surface area contributed by atoms with Gasteiger partial charge in [-0.05, 0) is 65.3 Å². The summed E-state index contributed by atoms with van der Waals surface area (Å²) in [5.74, 6) is -0.245. The van der Waals surface area contributed by atoms with E-state index in [9.17, 15) is 18.4 Å². The van der Waals surface area contributed by atoms with Crippen molar-refractivity contribution in [3.8, 4) is 11.1 Å². The van der Waals surface area contributed by atoms with Crippen LogP contribution >= 0.6 is 23.4 Å². The Morgan fingerprint density at radius 1 is 1.21 bits per heavy atom. The van der Waals surface area contributed by atoms with Crippen LogP contribution in [-0.4, -0.2) is 108 Å². The molecule has 9 nitrogen and oxygen atoms in total. The molecule has 3 unspecified atom stereocenters. The van der Waals surface area contributed by atoms with Gasteiger partial charge in [-0.1, -0.05) is 18.5 Å². The zero-order valence-corrected chi connectivity index (χ0v) is 29.2. The number of benzene rings is 2. The number of likely N-dealkylation sites (tertiary alicyclic amines) is 1. The van der Waals surface area contributed by atoms with Gasteiger partial charge in [0.25, 0.3) is 0 Å². The quantitative estimate of drug-likeness (QED) is 0.358. The molecular weight excluding hydrogens is 648 g/mol. The Labute approximate surface area is 285 Å². The molecule has 256 valence electrons. The number of thioether (sulfide) groups is 1. The van der Waals surface area contributed by atoms with Crippen LogP contribution in [0.3, 0.4) is 0 Å². The van der Waals surface area contributed by atoms with E-state index < -0.39 is 17.2 Å². The number of aliphatic imine (C=N–C) groups is 1. The van der Waals surface area contributed by atoms with E-state index in [1.807, 2.05) is 27.7 Å². The van der Waals surface area contributed by atoms with E-state index in [2.05, 4.69) is 22.0 Å². The van der Waals surface area contributed by atoms with Gasteiger partial charge in [0.1, 0.15) is 23.1 Å². The van der Waals surface area contributed by atoms with Crippen LogP contribution in [0.1, 0.15) is 53.0 Å². The van der Waals surface area contributed by atoms with Crippen LogP contribution in [0.25, 0.3) is 11.1 Å². The van der Waals surface area contributed by atoms with Crippen molar-refractivity contribution in [1.29, 1.82) is 0 Å². The zero-order valence-electron chi connectivity index (χ0n) is 27.7. The van der Waals surface area contributed by atoms with Gasteiger partial charge in [-0.2, -0.15) is 0 Å². The molecule has 13 heteroatoms. The van der Waals surface area contributed by atoms with Crippen molar-refractivity contribution < 1.29 is 27.8 Å². The molecule has 0 aliphatic carbocycles. The van der Waals surface area contributed by atoms with Gasteiger partial charge in [0, 0.05) is 71.7 Å². The van der Waals surface area contributed by atoms with E-state index in [0.717, 1.165) is 18.7 Å². The number of hydrogen-bond donors (Lipinski definition) is 1. The van der Waals surface area contributed by atoms with E-state index >= 15 is 0 Å². The lowest BCUT2D eigenvalue weighted by Gasteiger charge is -2.42. The highest BCUT2D eigenvalue weighted by Gasteiger charge is 2.38. The first-order valence-corrected chi connectivity index (χ1v) is 17.6. The molecule has 4 aliphatic heterocycles. The van der Waals surface area contributed by atoms with E-state index in [4.69, 9.17) is 26.1 Å². The molecule has 3 saturated heterocycles. The second-order valence-electron chi connectivity index (χ2n) is 13.2. The lowest BCUT2D eigenvalue weighted by molar-refractivity contribution is -0.105. The summed E-state index contributed by atoms with van der Waals surface area (Å²) < 4.78 is 39.4. The van der Waals surface area contributed by atoms with Crippen LogP contribution in [-0.2, 0) is 14.3 Å². The highest BCUT2D eigenvalue weighted by molar-refractivity contribution is 7.99. The summed E-state index contributed by atoms with van der Waals surface area (Å²) in [6.07, 6.45) is 3.35. The first-order chi connectivity index (χ1) is 22.4. The van der Waals surface area contributed by atoms with Gasteiger partial charge in [0.15, 0.2) is 0 Å². The number of piperazine rings is 1. The Morgan fingerprint density at radius 3 is 2.62 bits per heavy atom. The molecule has 4 heterocycles. The van der Waals surface area contributed by atoms with Crippen molar-refractivity contribution in [3.63, 3.8) is 0 Å². The maximum atomic E-state index is 14.8. The van der Waals surface area contributed by atoms with Gasteiger partial charge in [0.05, 0.1) is 30.0 Å². The Hall–Kier alpha value is -2.93. The summed E-state index contributed by atoms with van der Waals surface area (Å²) >= 11 is 8.12. The monoisotopic (exact) mass is 691 g/mol. The molecule has 6 rings (SSSR count). The van der Waals surface area contributed by atoms with Crippen LogP contribution in [0.4, 0.5) is 19.3 Å². The Kier molecular flexibility index (Phi) is 11.4. The van der Waals surface area contributed by atoms with Crippen molar-refractivity contribution >= 4 is 47.4 Å². The van der Waals surface area contributed by atoms with E-state index in [1.165, 1.54) is 49.8 Å². The third kappa shape index (κ3) is 8.21. The molecule has 3 atom stereocenters. The van der Waals surface area contributed by atoms with Gasteiger partial charge in [-0.15, -0.1) is 11.8 Å². The lowest BCUT2D eigenvalue weighted by Crippen LogP contribution is -2.56. The number of anilines is 1. The highest BCUT2D eigenvalue weighted by atomic mass is 35.5. The Balaban J connectivity index is 0.000000365. The topological polar surface area (TPSA) is 86.7 Å². The van der Waals surface area contributed by atoms with Crippen LogP contribution < -0.4 is 5.32 Å². The minimum absolute atomic E-state index is 0.104. The van der Waals surface area contributed by atoms with E-state index in [-0.39, 0.29) is 22.7 Å². The molecular formula is C34H44ClF2N5O4S. The number of amides is 2. The van der Waals surface area contributed by atoms with Gasteiger partial charge in [0.2, 0.25) is 6.41 Å². The van der Waals surface area contributed by atoms with E-state index in [0.29, 0.717) is 72.0 Å². The minimum Gasteiger partial charge on any atom is -0.444 e. The van der Waals surface area contributed by atoms with Crippen LogP contribution in [0.5, 0.6) is 0 Å². The minimum atomic E-state index is -0.744. The molecule has 0 spiro atoms. The SMILES string of the molecule is CC1CN(C(=O)OC(C)(C)C)CCN1C1=NCCSc2c(NC=O)c1cc(Cl)c2-c1ccc(F)cc1F.CCCN1CC2CC1CO2. The number of carbonyl (C=O) groups is 2. The van der Waals surface area contributed by atoms with Crippen molar-refractivity contribution in [3.05, 3.63) is 46.5 Å². The highest BCUT2D eigenvalue weighted by Crippen LogP contribution is 2.46. The number of carbonyl (C=O) groups excluding carboxylic acids is 2. The zero-order chi connectivity index (χ0) is 33.9. The number of rotatable bonds is 5. The standard InChI is InChI=1S/C26H29ClF2N4O3S.C8H15NO/c1-15-13-32(25(35)36-26(2,3)4)8-9-33(15)24-18-12-19(27)21(17-6-5-16(28)11-20(17)29)23(22(18)31-14-34)37-10-7-30-24;1-2-3-9-5-8-4-7(9)6-10-8/h5-6,11-12,14-15H,7-10,13H2,1-4H3,(H,31,34);7-8H,2-6H2,1H3. The number of morpholine rings is 1. The molecule has 4 bridgehead atoms. The summed E-state index contributed by atoms with van der Waals surface area (Å²) in [6, 6.07) is 5.66. The molecule has 1 N–H and O–H groups in total. The number of amidine groups is 1. The van der Waals surface area contributed by atoms with Crippen molar-refractivity contribution in [2.45, 2.75) is 76.1 Å². The van der Waals surface area contributed by atoms with Gasteiger partial charge in [-0.3, -0.25) is 14.7 Å². The average molecular weight is 692 g/mol. The van der Waals surface area contributed by atoms with Crippen LogP contribution in [0.15, 0.2) is 34.2 Å². The summed E-state index contributed by atoms with van der Waals surface area (Å²) in [5, 5.41) is 3.03. The second kappa shape index (κ2) is 15.1. The smallest absolute Gasteiger partial charge is 0.410 e. The number of nitrogens with one attached hydrogen (secondary N) is 1. The molecule has 2 aromatic rings. The lowest BCUT2D eigenvalue weighted by atomic mass is 9.99. The second-order valence-corrected chi connectivity index (χ2v) is 14.7. The van der Waals surface area contributed by atoms with Gasteiger partial charge < -0.3 is 24.6 Å². The van der Waals surface area contributed by atoms with Gasteiger partial charge >= 0.3 is 6.09 Å². The predicted molar refractivity (Wildman–Crippen MR) is 183 cm³/mol. The first kappa shape index (κ1) is 35.4. The molecule has 0 saturated carbocycles. The van der Waals surface area contributed by atoms with E-state index in [1.54, 1.807) is 11.0 Å². The maximum absolute atomic E-state index is 14.8. The van der Waals surface area contributed by atoms with Crippen molar-refractivity contribution in [2.24, 2.45) is 4.99 Å². The number of hydrogen-bond acceptors (Lipinski definition) is 8. The summed E-state index contributed by atoms with van der Waals surface area (Å²) in [4.78, 5) is 36.0. The first-order valence-electron chi connectivity index (χ1n) is 16.2. The van der Waals surface area contributed by atoms with Crippen LogP contribution in [0.2, 0.25) is 5.02 Å². The average Bonchev–Trinajstić information content (AvgIpc) is 3.62. The molecule has 0 aromatic heterocycles. The largest absolute Gasteiger partial charge is 0.444 e. The summed E-state index contributed by atoms with van der Waals surface area (Å²) in [6.45, 7) is 15.0. The molecule has 3 fully saturated rings. The fraction of sp³-hybridized carbons (Fsp3) is 0.559. The molecule has 4 aliphatic rings. The van der Waals surface area contributed by atoms with Crippen molar-refractivity contribution in [1.82, 2.24) is 14.7 Å². The number of nitrogens with zero attached hydrogens (tertiary/aromatic N) is 4. The molecule has 2 amide bonds. The number of ether oxygens (including phenoxy) is 2. The molecule has 47 heavy (non-hydrogen) atoms. The Morgan fingerprint density at radius 2 is 2.00 bits per heavy atom. The summed E-state index contributed by atoms with van der Waals surface area (Å²) in [5.41, 5.74) is 1.01. The van der Waals surface area contributed by atoms with Crippen LogP contribution in [0, 0.1) is 11.6 Å². The number of halogens is 3. The Bertz CT molecular complexity index is 1510. The summed E-state index contributed by atoms with van der Waals surface area (Å²) in [7, 11) is 0. The normalized spacial score (nSPS) is 22.6. The third-order valence-corrected chi connectivity index (χ3v) is 9.93. The fourth-order valence-electron chi connectivity index (χ4n) is 6.53. The fourth-order valence-corrected chi connectivity index (χ4v) is 7.95. The van der Waals surface area contributed by atoms with Crippen molar-refractivity contribution in [2.75, 3.05) is 56.9 Å². The molecule has 0 radical (unpaired) electrons. The molecule has 2 aromatic carbocycles. The van der Waals surface area contributed by atoms with Gasteiger partial charge in [-0.25, -0.2) is 13.6 Å². The third-order valence-electron chi connectivity index (χ3n) is 8.55. The predicted octanol–water partition coefficient (Wildman–Crippen LogP) is 6.52. The number of fused-ring (bicyclic) bond motifs is 4. The maximum Gasteiger partial charge on any atom is 0.410 e.